The standard InChI is InChI=1S/C21H16N2O2/c1-23(19(24)11-10-14-6-3-2-4-7-14)16-12-15-8-5-9-18-20(15)17(13-16)21(25)22-18/h2-13H,1H3,(H,22,25)/b11-10+. The minimum Gasteiger partial charge on any atom is -0.321 e. The van der Waals surface area contributed by atoms with Crippen LogP contribution in [0, 0.1) is 0 Å². The van der Waals surface area contributed by atoms with Crippen LogP contribution >= 0.6 is 0 Å². The molecular formula is C21H16N2O2. The van der Waals surface area contributed by atoms with E-state index < -0.39 is 0 Å². The van der Waals surface area contributed by atoms with Gasteiger partial charge < -0.3 is 10.2 Å². The van der Waals surface area contributed by atoms with E-state index in [9.17, 15) is 9.59 Å². The van der Waals surface area contributed by atoms with Crippen molar-refractivity contribution in [2.75, 3.05) is 17.3 Å². The van der Waals surface area contributed by atoms with E-state index in [1.165, 1.54) is 6.08 Å². The SMILES string of the molecule is CN(C(=O)/C=C/c1ccccc1)c1cc2c3c(cccc3c1)NC2=O. The molecule has 1 aliphatic heterocycles. The zero-order valence-corrected chi connectivity index (χ0v) is 13.7. The minimum absolute atomic E-state index is 0.131. The fourth-order valence-corrected chi connectivity index (χ4v) is 3.05. The summed E-state index contributed by atoms with van der Waals surface area (Å²) in [4.78, 5) is 26.2. The molecule has 0 bridgehead atoms. The molecule has 0 unspecified atom stereocenters. The fourth-order valence-electron chi connectivity index (χ4n) is 3.05. The van der Waals surface area contributed by atoms with Crippen molar-refractivity contribution in [2.45, 2.75) is 0 Å². The molecule has 0 saturated carbocycles. The Balaban J connectivity index is 1.67. The molecule has 0 fully saturated rings. The highest BCUT2D eigenvalue weighted by Gasteiger charge is 2.23. The van der Waals surface area contributed by atoms with E-state index in [0.717, 1.165) is 22.0 Å². The quantitative estimate of drug-likeness (QED) is 0.737. The lowest BCUT2D eigenvalue weighted by Crippen LogP contribution is -2.24. The predicted molar refractivity (Wildman–Crippen MR) is 101 cm³/mol. The van der Waals surface area contributed by atoms with Crippen molar-refractivity contribution < 1.29 is 9.59 Å². The van der Waals surface area contributed by atoms with Gasteiger partial charge in [-0.3, -0.25) is 9.59 Å². The second-order valence-electron chi connectivity index (χ2n) is 5.99. The molecule has 122 valence electrons. The summed E-state index contributed by atoms with van der Waals surface area (Å²) < 4.78 is 0. The summed E-state index contributed by atoms with van der Waals surface area (Å²) in [7, 11) is 1.71. The van der Waals surface area contributed by atoms with Crippen LogP contribution in [0.25, 0.3) is 16.8 Å². The molecule has 1 N–H and O–H groups in total. The maximum absolute atomic E-state index is 12.5. The van der Waals surface area contributed by atoms with Crippen molar-refractivity contribution in [1.82, 2.24) is 0 Å². The Kier molecular flexibility index (Phi) is 3.58. The lowest BCUT2D eigenvalue weighted by Gasteiger charge is -2.16. The monoisotopic (exact) mass is 328 g/mol. The van der Waals surface area contributed by atoms with Gasteiger partial charge in [-0.2, -0.15) is 0 Å². The first-order valence-electron chi connectivity index (χ1n) is 8.02. The van der Waals surface area contributed by atoms with Crippen LogP contribution in [-0.2, 0) is 4.79 Å². The van der Waals surface area contributed by atoms with E-state index in [0.29, 0.717) is 11.3 Å². The topological polar surface area (TPSA) is 49.4 Å². The summed E-state index contributed by atoms with van der Waals surface area (Å²) in [6.45, 7) is 0. The van der Waals surface area contributed by atoms with Gasteiger partial charge in [-0.05, 0) is 35.2 Å². The van der Waals surface area contributed by atoms with Gasteiger partial charge in [0.2, 0.25) is 0 Å². The normalized spacial score (nSPS) is 12.6. The Hall–Kier alpha value is -3.40. The maximum Gasteiger partial charge on any atom is 0.256 e. The molecule has 4 nitrogen and oxygen atoms in total. The highest BCUT2D eigenvalue weighted by atomic mass is 16.2. The van der Waals surface area contributed by atoms with Crippen molar-refractivity contribution in [3.63, 3.8) is 0 Å². The number of likely N-dealkylation sites (N-methyl/N-ethyl adjacent to an activating group) is 1. The smallest absolute Gasteiger partial charge is 0.256 e. The van der Waals surface area contributed by atoms with Crippen LogP contribution in [0.2, 0.25) is 0 Å². The van der Waals surface area contributed by atoms with Crippen molar-refractivity contribution in [3.05, 3.63) is 77.9 Å². The van der Waals surface area contributed by atoms with Crippen LogP contribution in [0.4, 0.5) is 11.4 Å². The lowest BCUT2D eigenvalue weighted by molar-refractivity contribution is -0.113. The number of rotatable bonds is 3. The summed E-state index contributed by atoms with van der Waals surface area (Å²) in [5.41, 5.74) is 3.08. The zero-order valence-electron chi connectivity index (χ0n) is 13.7. The zero-order chi connectivity index (χ0) is 17.4. The third kappa shape index (κ3) is 2.68. The molecule has 25 heavy (non-hydrogen) atoms. The van der Waals surface area contributed by atoms with Crippen LogP contribution in [-0.4, -0.2) is 18.9 Å². The van der Waals surface area contributed by atoms with Gasteiger partial charge in [-0.15, -0.1) is 0 Å². The van der Waals surface area contributed by atoms with Crippen molar-refractivity contribution >= 4 is 40.0 Å². The Morgan fingerprint density at radius 1 is 1.04 bits per heavy atom. The molecule has 0 aromatic heterocycles. The second-order valence-corrected chi connectivity index (χ2v) is 5.99. The van der Waals surface area contributed by atoms with E-state index in [1.807, 2.05) is 54.6 Å². The number of carbonyl (C=O) groups is 2. The number of anilines is 2. The molecule has 2 amide bonds. The maximum atomic E-state index is 12.5. The van der Waals surface area contributed by atoms with Crippen molar-refractivity contribution in [1.29, 1.82) is 0 Å². The number of carbonyl (C=O) groups excluding carboxylic acids is 2. The number of nitrogens with one attached hydrogen (secondary N) is 1. The number of nitrogens with zero attached hydrogens (tertiary/aromatic N) is 1. The Labute approximate surface area is 145 Å². The number of hydrogen-bond acceptors (Lipinski definition) is 2. The molecular weight excluding hydrogens is 312 g/mol. The summed E-state index contributed by atoms with van der Waals surface area (Å²) in [5, 5.41) is 4.71. The van der Waals surface area contributed by atoms with Gasteiger partial charge in [0.1, 0.15) is 0 Å². The van der Waals surface area contributed by atoms with Gasteiger partial charge in [0.15, 0.2) is 0 Å². The summed E-state index contributed by atoms with van der Waals surface area (Å²) >= 11 is 0. The highest BCUT2D eigenvalue weighted by molar-refractivity contribution is 6.25. The largest absolute Gasteiger partial charge is 0.321 e. The summed E-state index contributed by atoms with van der Waals surface area (Å²) in [6, 6.07) is 19.1. The van der Waals surface area contributed by atoms with Crippen LogP contribution in [0.1, 0.15) is 15.9 Å². The number of hydrogen-bond donors (Lipinski definition) is 1. The molecule has 1 aliphatic rings. The first kappa shape index (κ1) is 15.1. The average molecular weight is 328 g/mol. The molecule has 3 aromatic carbocycles. The fraction of sp³-hybridized carbons (Fsp3) is 0.0476. The predicted octanol–water partition coefficient (Wildman–Crippen LogP) is 4.08. The summed E-state index contributed by atoms with van der Waals surface area (Å²) in [6.07, 6.45) is 3.32. The summed E-state index contributed by atoms with van der Waals surface area (Å²) in [5.74, 6) is -0.279. The first-order valence-corrected chi connectivity index (χ1v) is 8.02. The van der Waals surface area contributed by atoms with E-state index >= 15 is 0 Å². The molecule has 0 saturated heterocycles. The van der Waals surface area contributed by atoms with Crippen LogP contribution in [0.15, 0.2) is 66.7 Å². The highest BCUT2D eigenvalue weighted by Crippen LogP contribution is 2.36. The molecule has 0 atom stereocenters. The third-order valence-electron chi connectivity index (χ3n) is 4.39. The Morgan fingerprint density at radius 3 is 2.64 bits per heavy atom. The van der Waals surface area contributed by atoms with Crippen molar-refractivity contribution in [2.24, 2.45) is 0 Å². The molecule has 3 aromatic rings. The van der Waals surface area contributed by atoms with Crippen LogP contribution < -0.4 is 10.2 Å². The molecule has 4 rings (SSSR count). The van der Waals surface area contributed by atoms with Gasteiger partial charge in [-0.1, -0.05) is 42.5 Å². The number of amides is 2. The Morgan fingerprint density at radius 2 is 1.84 bits per heavy atom. The molecule has 0 spiro atoms. The molecule has 4 heteroatoms. The van der Waals surface area contributed by atoms with Crippen LogP contribution in [0.3, 0.4) is 0 Å². The van der Waals surface area contributed by atoms with Gasteiger partial charge >= 0.3 is 0 Å². The molecule has 0 aliphatic carbocycles. The average Bonchev–Trinajstić information content (AvgIpc) is 2.97. The minimum atomic E-state index is -0.148. The Bertz CT molecular complexity index is 1020. The van der Waals surface area contributed by atoms with Gasteiger partial charge in [0.25, 0.3) is 11.8 Å². The molecule has 0 radical (unpaired) electrons. The second kappa shape index (κ2) is 5.91. The third-order valence-corrected chi connectivity index (χ3v) is 4.39. The van der Waals surface area contributed by atoms with Gasteiger partial charge in [0, 0.05) is 29.9 Å². The lowest BCUT2D eigenvalue weighted by atomic mass is 10.0. The van der Waals surface area contributed by atoms with Gasteiger partial charge in [-0.25, -0.2) is 0 Å². The van der Waals surface area contributed by atoms with Gasteiger partial charge in [0.05, 0.1) is 5.56 Å². The van der Waals surface area contributed by atoms with E-state index in [2.05, 4.69) is 5.32 Å². The number of benzene rings is 3. The van der Waals surface area contributed by atoms with E-state index in [-0.39, 0.29) is 11.8 Å². The van der Waals surface area contributed by atoms with Crippen molar-refractivity contribution in [3.8, 4) is 0 Å². The first-order chi connectivity index (χ1) is 12.1. The van der Waals surface area contributed by atoms with Crippen LogP contribution in [0.5, 0.6) is 0 Å². The van der Waals surface area contributed by atoms with E-state index in [4.69, 9.17) is 0 Å². The molecule has 1 heterocycles. The van der Waals surface area contributed by atoms with E-state index in [1.54, 1.807) is 24.1 Å².